The van der Waals surface area contributed by atoms with Crippen LogP contribution >= 0.6 is 0 Å². The number of benzene rings is 1. The highest BCUT2D eigenvalue weighted by atomic mass is 32.2. The van der Waals surface area contributed by atoms with E-state index in [1.165, 1.54) is 23.1 Å². The number of nitrogens with one attached hydrogen (secondary N) is 2. The van der Waals surface area contributed by atoms with Crippen LogP contribution in [0.5, 0.6) is 5.75 Å². The third kappa shape index (κ3) is 7.13. The second-order valence-corrected chi connectivity index (χ2v) is 11.0. The lowest BCUT2D eigenvalue weighted by atomic mass is 9.86. The van der Waals surface area contributed by atoms with Crippen molar-refractivity contribution in [3.8, 4) is 5.75 Å². The molecular formula is C23H34FN3O6S. The Hall–Kier alpha value is -2.24. The lowest BCUT2D eigenvalue weighted by Crippen LogP contribution is -2.49. The van der Waals surface area contributed by atoms with Gasteiger partial charge in [-0.25, -0.2) is 22.3 Å². The van der Waals surface area contributed by atoms with E-state index in [1.54, 1.807) is 6.92 Å². The van der Waals surface area contributed by atoms with Gasteiger partial charge in [-0.05, 0) is 55.7 Å². The monoisotopic (exact) mass is 499 g/mol. The fraction of sp³-hybridized carbons (Fsp3) is 0.652. The summed E-state index contributed by atoms with van der Waals surface area (Å²) in [7, 11) is -3.68. The Kier molecular flexibility index (Phi) is 8.89. The molecule has 34 heavy (non-hydrogen) atoms. The minimum absolute atomic E-state index is 0.0579. The normalized spacial score (nSPS) is 18.9. The highest BCUT2D eigenvalue weighted by molar-refractivity contribution is 7.89. The Balaban J connectivity index is 1.50. The van der Waals surface area contributed by atoms with E-state index in [0.29, 0.717) is 44.0 Å². The Bertz CT molecular complexity index is 985. The van der Waals surface area contributed by atoms with Crippen molar-refractivity contribution in [1.82, 2.24) is 14.9 Å². The molecule has 11 heteroatoms. The number of carbonyl (C=O) groups excluding carboxylic acids is 2. The van der Waals surface area contributed by atoms with Crippen molar-refractivity contribution >= 4 is 22.0 Å². The van der Waals surface area contributed by atoms with Crippen LogP contribution in [0.15, 0.2) is 18.2 Å². The molecule has 3 rings (SSSR count). The lowest BCUT2D eigenvalue weighted by molar-refractivity contribution is -0.121. The molecule has 0 aromatic heterocycles. The van der Waals surface area contributed by atoms with Crippen molar-refractivity contribution in [2.75, 3.05) is 32.0 Å². The first kappa shape index (κ1) is 26.4. The van der Waals surface area contributed by atoms with Gasteiger partial charge in [-0.3, -0.25) is 10.1 Å². The van der Waals surface area contributed by atoms with E-state index in [1.807, 2.05) is 0 Å². The molecule has 0 spiro atoms. The minimum Gasteiger partial charge on any atom is -0.490 e. The zero-order chi connectivity index (χ0) is 24.8. The molecule has 1 aliphatic heterocycles. The molecule has 0 unspecified atom stereocenters. The molecule has 9 nitrogen and oxygen atoms in total. The second kappa shape index (κ2) is 11.5. The summed E-state index contributed by atoms with van der Waals surface area (Å²) in [6.07, 6.45) is 4.50. The number of carbonyl (C=O) groups is 2. The summed E-state index contributed by atoms with van der Waals surface area (Å²) in [5.74, 6) is -0.516. The SMILES string of the molecule is CC[C@@](O)(CNS(=O)(=O)CCCCN1CCC(=O)NC1=O)c1ccc(F)c(OCC2CCC2)c1. The topological polar surface area (TPSA) is 125 Å². The van der Waals surface area contributed by atoms with Crippen LogP contribution in [0, 0.1) is 11.7 Å². The van der Waals surface area contributed by atoms with Crippen LogP contribution in [0.2, 0.25) is 0 Å². The van der Waals surface area contributed by atoms with Crippen LogP contribution in [0.1, 0.15) is 57.4 Å². The zero-order valence-electron chi connectivity index (χ0n) is 19.5. The van der Waals surface area contributed by atoms with Crippen LogP contribution in [0.3, 0.4) is 0 Å². The van der Waals surface area contributed by atoms with Gasteiger partial charge >= 0.3 is 6.03 Å². The van der Waals surface area contributed by atoms with Gasteiger partial charge in [-0.15, -0.1) is 0 Å². The first-order chi connectivity index (χ1) is 16.1. The maximum Gasteiger partial charge on any atom is 0.324 e. The highest BCUT2D eigenvalue weighted by Crippen LogP contribution is 2.31. The minimum atomic E-state index is -3.68. The number of nitrogens with zero attached hydrogens (tertiary/aromatic N) is 1. The summed E-state index contributed by atoms with van der Waals surface area (Å²) in [6.45, 7) is 2.57. The smallest absolute Gasteiger partial charge is 0.324 e. The van der Waals surface area contributed by atoms with E-state index >= 15 is 0 Å². The molecule has 1 aromatic rings. The number of rotatable bonds is 13. The standard InChI is InChI=1S/C23H34FN3O6S/c1-2-23(30,18-8-9-19(24)20(14-18)33-15-17-6-5-7-17)16-25-34(31,32)13-4-3-11-27-12-10-21(28)26-22(27)29/h8-9,14,17,25,30H,2-7,10-13,15-16H2,1H3,(H,26,28,29)/t23-/m1/s1. The van der Waals surface area contributed by atoms with Gasteiger partial charge in [-0.1, -0.05) is 19.4 Å². The quantitative estimate of drug-likeness (QED) is 0.358. The molecule has 1 atom stereocenters. The van der Waals surface area contributed by atoms with E-state index in [0.717, 1.165) is 19.3 Å². The van der Waals surface area contributed by atoms with Crippen molar-refractivity contribution in [2.24, 2.45) is 5.92 Å². The van der Waals surface area contributed by atoms with Gasteiger partial charge in [0, 0.05) is 26.1 Å². The van der Waals surface area contributed by atoms with Gasteiger partial charge in [0.1, 0.15) is 5.60 Å². The molecule has 2 fully saturated rings. The third-order valence-corrected chi connectivity index (χ3v) is 7.98. The van der Waals surface area contributed by atoms with Gasteiger partial charge in [-0.2, -0.15) is 0 Å². The van der Waals surface area contributed by atoms with Crippen LogP contribution in [-0.2, 0) is 20.4 Å². The Morgan fingerprint density at radius 2 is 2.06 bits per heavy atom. The molecule has 0 radical (unpaired) electrons. The van der Waals surface area contributed by atoms with E-state index in [2.05, 4.69) is 10.0 Å². The maximum absolute atomic E-state index is 14.2. The van der Waals surface area contributed by atoms with E-state index in [-0.39, 0.29) is 36.8 Å². The van der Waals surface area contributed by atoms with Gasteiger partial charge < -0.3 is 14.7 Å². The summed E-state index contributed by atoms with van der Waals surface area (Å²) in [4.78, 5) is 24.4. The summed E-state index contributed by atoms with van der Waals surface area (Å²) in [6, 6.07) is 3.66. The van der Waals surface area contributed by atoms with Crippen LogP contribution in [-0.4, -0.2) is 62.4 Å². The third-order valence-electron chi connectivity index (χ3n) is 6.57. The van der Waals surface area contributed by atoms with Crippen molar-refractivity contribution in [3.05, 3.63) is 29.6 Å². The molecular weight excluding hydrogens is 465 g/mol. The molecule has 2 aliphatic rings. The van der Waals surface area contributed by atoms with Crippen LogP contribution in [0.4, 0.5) is 9.18 Å². The number of ether oxygens (including phenoxy) is 1. The summed E-state index contributed by atoms with van der Waals surface area (Å²) in [5, 5.41) is 13.3. The largest absolute Gasteiger partial charge is 0.490 e. The number of hydrogen-bond donors (Lipinski definition) is 3. The Morgan fingerprint density at radius 3 is 2.71 bits per heavy atom. The first-order valence-corrected chi connectivity index (χ1v) is 13.5. The second-order valence-electron chi connectivity index (χ2n) is 9.08. The van der Waals surface area contributed by atoms with Crippen molar-refractivity contribution in [2.45, 2.75) is 57.5 Å². The molecule has 1 aromatic carbocycles. The van der Waals surface area contributed by atoms with E-state index in [9.17, 15) is 27.5 Å². The number of sulfonamides is 1. The van der Waals surface area contributed by atoms with Crippen molar-refractivity contribution < 1.29 is 32.2 Å². The number of imide groups is 1. The average molecular weight is 500 g/mol. The Labute approximate surface area is 200 Å². The average Bonchev–Trinajstić information content (AvgIpc) is 2.76. The van der Waals surface area contributed by atoms with Crippen molar-refractivity contribution in [1.29, 1.82) is 0 Å². The summed E-state index contributed by atoms with van der Waals surface area (Å²) >= 11 is 0. The lowest BCUT2D eigenvalue weighted by Gasteiger charge is -2.29. The van der Waals surface area contributed by atoms with Crippen molar-refractivity contribution in [3.63, 3.8) is 0 Å². The summed E-state index contributed by atoms with van der Waals surface area (Å²) < 4.78 is 47.2. The molecule has 1 heterocycles. The van der Waals surface area contributed by atoms with Crippen LogP contribution in [0.25, 0.3) is 0 Å². The summed E-state index contributed by atoms with van der Waals surface area (Å²) in [5.41, 5.74) is -1.14. The number of unbranched alkanes of at least 4 members (excludes halogenated alkanes) is 1. The van der Waals surface area contributed by atoms with Gasteiger partial charge in [0.15, 0.2) is 11.6 Å². The molecule has 1 saturated heterocycles. The molecule has 1 saturated carbocycles. The fourth-order valence-corrected chi connectivity index (χ4v) is 5.10. The highest BCUT2D eigenvalue weighted by Gasteiger charge is 2.30. The fourth-order valence-electron chi connectivity index (χ4n) is 3.91. The molecule has 190 valence electrons. The molecule has 0 bridgehead atoms. The number of aliphatic hydroxyl groups is 1. The maximum atomic E-state index is 14.2. The number of amides is 3. The number of urea groups is 1. The van der Waals surface area contributed by atoms with E-state index in [4.69, 9.17) is 4.74 Å². The first-order valence-electron chi connectivity index (χ1n) is 11.8. The predicted octanol–water partition coefficient (Wildman–Crippen LogP) is 2.24. The Morgan fingerprint density at radius 1 is 1.29 bits per heavy atom. The van der Waals surface area contributed by atoms with Gasteiger partial charge in [0.2, 0.25) is 15.9 Å². The number of hydrogen-bond acceptors (Lipinski definition) is 6. The predicted molar refractivity (Wildman–Crippen MR) is 124 cm³/mol. The van der Waals surface area contributed by atoms with Crippen LogP contribution < -0.4 is 14.8 Å². The van der Waals surface area contributed by atoms with Gasteiger partial charge in [0.25, 0.3) is 0 Å². The number of halogens is 1. The van der Waals surface area contributed by atoms with Gasteiger partial charge in [0.05, 0.1) is 12.4 Å². The molecule has 1 aliphatic carbocycles. The molecule has 3 amide bonds. The van der Waals surface area contributed by atoms with E-state index < -0.39 is 27.5 Å². The molecule has 3 N–H and O–H groups in total. The zero-order valence-corrected chi connectivity index (χ0v) is 20.3.